The molecule has 0 heterocycles. The minimum atomic E-state index is -0.468. The standard InChI is InChI=1S/C11H12Cl2N2O2/c1-3-17-11(16)7(2)14-15-10-5-4-8(12)6-9(10)13/h4-6,15H,3H2,1-2H3/b14-7+. The van der Waals surface area contributed by atoms with Crippen LogP contribution in [0, 0.1) is 0 Å². The molecule has 1 aromatic carbocycles. The predicted molar refractivity (Wildman–Crippen MR) is 69.8 cm³/mol. The molecule has 1 aromatic rings. The first-order chi connectivity index (χ1) is 8.04. The molecule has 4 nitrogen and oxygen atoms in total. The predicted octanol–water partition coefficient (Wildman–Crippen LogP) is 3.34. The summed E-state index contributed by atoms with van der Waals surface area (Å²) < 4.78 is 4.78. The van der Waals surface area contributed by atoms with Gasteiger partial charge in [0.05, 0.1) is 17.3 Å². The number of carbonyl (C=O) groups is 1. The van der Waals surface area contributed by atoms with Gasteiger partial charge in [-0.3, -0.25) is 5.43 Å². The lowest BCUT2D eigenvalue weighted by atomic mass is 10.3. The summed E-state index contributed by atoms with van der Waals surface area (Å²) >= 11 is 11.7. The van der Waals surface area contributed by atoms with E-state index in [9.17, 15) is 4.79 Å². The van der Waals surface area contributed by atoms with E-state index in [4.69, 9.17) is 27.9 Å². The molecule has 6 heteroatoms. The molecule has 0 atom stereocenters. The van der Waals surface area contributed by atoms with Gasteiger partial charge in [0.25, 0.3) is 0 Å². The third-order valence-electron chi connectivity index (χ3n) is 1.85. The number of ether oxygens (including phenoxy) is 1. The van der Waals surface area contributed by atoms with Crippen LogP contribution in [0.15, 0.2) is 23.3 Å². The number of anilines is 1. The Hall–Kier alpha value is -1.26. The fraction of sp³-hybridized carbons (Fsp3) is 0.273. The number of hydrazone groups is 1. The van der Waals surface area contributed by atoms with Crippen LogP contribution >= 0.6 is 23.2 Å². The van der Waals surface area contributed by atoms with Crippen LogP contribution < -0.4 is 5.43 Å². The van der Waals surface area contributed by atoms with Crippen LogP contribution in [0.5, 0.6) is 0 Å². The number of benzene rings is 1. The number of hydrogen-bond acceptors (Lipinski definition) is 4. The molecule has 17 heavy (non-hydrogen) atoms. The lowest BCUT2D eigenvalue weighted by molar-refractivity contribution is -0.135. The number of carbonyl (C=O) groups excluding carboxylic acids is 1. The van der Waals surface area contributed by atoms with Crippen molar-refractivity contribution in [2.75, 3.05) is 12.0 Å². The SMILES string of the molecule is CCOC(=O)/C(C)=N/Nc1ccc(Cl)cc1Cl. The molecule has 0 saturated heterocycles. The van der Waals surface area contributed by atoms with Crippen molar-refractivity contribution in [3.8, 4) is 0 Å². The Morgan fingerprint density at radius 1 is 1.47 bits per heavy atom. The first-order valence-corrected chi connectivity index (χ1v) is 5.72. The zero-order valence-corrected chi connectivity index (χ0v) is 11.0. The molecule has 1 rings (SSSR count). The van der Waals surface area contributed by atoms with Crippen LogP contribution in [-0.2, 0) is 9.53 Å². The molecule has 0 amide bonds. The highest BCUT2D eigenvalue weighted by atomic mass is 35.5. The highest BCUT2D eigenvalue weighted by Gasteiger charge is 2.06. The van der Waals surface area contributed by atoms with Crippen LogP contribution in [0.1, 0.15) is 13.8 Å². The Bertz CT molecular complexity index is 447. The van der Waals surface area contributed by atoms with Crippen LogP contribution in [0.4, 0.5) is 5.69 Å². The van der Waals surface area contributed by atoms with Crippen LogP contribution in [0.25, 0.3) is 0 Å². The Labute approximate surface area is 110 Å². The fourth-order valence-electron chi connectivity index (χ4n) is 1.01. The van der Waals surface area contributed by atoms with E-state index >= 15 is 0 Å². The molecule has 0 spiro atoms. The second-order valence-electron chi connectivity index (χ2n) is 3.15. The Morgan fingerprint density at radius 3 is 2.76 bits per heavy atom. The third-order valence-corrected chi connectivity index (χ3v) is 2.39. The molecule has 0 radical (unpaired) electrons. The molecular formula is C11H12Cl2N2O2. The lowest BCUT2D eigenvalue weighted by Crippen LogP contribution is -2.15. The minimum absolute atomic E-state index is 0.220. The second-order valence-corrected chi connectivity index (χ2v) is 4.00. The third kappa shape index (κ3) is 4.24. The largest absolute Gasteiger partial charge is 0.461 e. The van der Waals surface area contributed by atoms with Crippen molar-refractivity contribution >= 4 is 40.6 Å². The molecular weight excluding hydrogens is 263 g/mol. The molecule has 0 aromatic heterocycles. The fourth-order valence-corrected chi connectivity index (χ4v) is 1.46. The Balaban J connectivity index is 2.72. The van der Waals surface area contributed by atoms with Crippen molar-refractivity contribution < 1.29 is 9.53 Å². The van der Waals surface area contributed by atoms with Crippen LogP contribution in [0.2, 0.25) is 10.0 Å². The van der Waals surface area contributed by atoms with E-state index < -0.39 is 5.97 Å². The summed E-state index contributed by atoms with van der Waals surface area (Å²) in [5.41, 5.74) is 3.47. The molecule has 0 saturated carbocycles. The van der Waals surface area contributed by atoms with Crippen molar-refractivity contribution in [3.63, 3.8) is 0 Å². The van der Waals surface area contributed by atoms with Gasteiger partial charge in [-0.15, -0.1) is 0 Å². The van der Waals surface area contributed by atoms with Gasteiger partial charge in [0.1, 0.15) is 5.71 Å². The maximum absolute atomic E-state index is 11.3. The summed E-state index contributed by atoms with van der Waals surface area (Å²) in [5, 5.41) is 4.83. The number of nitrogens with zero attached hydrogens (tertiary/aromatic N) is 1. The maximum atomic E-state index is 11.3. The number of nitrogens with one attached hydrogen (secondary N) is 1. The van der Waals surface area contributed by atoms with E-state index in [0.29, 0.717) is 22.3 Å². The molecule has 0 bridgehead atoms. The van der Waals surface area contributed by atoms with Gasteiger partial charge < -0.3 is 4.74 Å². The molecule has 0 unspecified atom stereocenters. The number of hydrogen-bond donors (Lipinski definition) is 1. The van der Waals surface area contributed by atoms with Crippen molar-refractivity contribution in [3.05, 3.63) is 28.2 Å². The number of halogens is 2. The average Bonchev–Trinajstić information content (AvgIpc) is 2.27. The summed E-state index contributed by atoms with van der Waals surface area (Å²) in [6, 6.07) is 4.93. The summed E-state index contributed by atoms with van der Waals surface area (Å²) in [7, 11) is 0. The molecule has 1 N–H and O–H groups in total. The van der Waals surface area contributed by atoms with E-state index in [1.165, 1.54) is 0 Å². The van der Waals surface area contributed by atoms with Crippen molar-refractivity contribution in [1.82, 2.24) is 0 Å². The Kier molecular flexibility index (Phi) is 5.25. The molecule has 0 aliphatic carbocycles. The molecule has 0 aliphatic heterocycles. The first-order valence-electron chi connectivity index (χ1n) is 4.97. The lowest BCUT2D eigenvalue weighted by Gasteiger charge is -2.05. The van der Waals surface area contributed by atoms with Gasteiger partial charge in [-0.25, -0.2) is 4.79 Å². The topological polar surface area (TPSA) is 50.7 Å². The van der Waals surface area contributed by atoms with Crippen LogP contribution in [-0.4, -0.2) is 18.3 Å². The maximum Gasteiger partial charge on any atom is 0.354 e. The van der Waals surface area contributed by atoms with Crippen molar-refractivity contribution in [1.29, 1.82) is 0 Å². The van der Waals surface area contributed by atoms with Gasteiger partial charge in [-0.1, -0.05) is 23.2 Å². The summed E-state index contributed by atoms with van der Waals surface area (Å²) in [4.78, 5) is 11.3. The van der Waals surface area contributed by atoms with Gasteiger partial charge in [0, 0.05) is 5.02 Å². The van der Waals surface area contributed by atoms with Crippen molar-refractivity contribution in [2.24, 2.45) is 5.10 Å². The van der Waals surface area contributed by atoms with Gasteiger partial charge in [0.2, 0.25) is 0 Å². The van der Waals surface area contributed by atoms with Gasteiger partial charge in [0.15, 0.2) is 0 Å². The number of esters is 1. The second kappa shape index (κ2) is 6.47. The normalized spacial score (nSPS) is 11.2. The van der Waals surface area contributed by atoms with E-state index in [0.717, 1.165) is 0 Å². The quantitative estimate of drug-likeness (QED) is 0.521. The van der Waals surface area contributed by atoms with Crippen molar-refractivity contribution in [2.45, 2.75) is 13.8 Å². The van der Waals surface area contributed by atoms with Gasteiger partial charge in [-0.2, -0.15) is 5.10 Å². The molecule has 0 aliphatic rings. The minimum Gasteiger partial charge on any atom is -0.461 e. The monoisotopic (exact) mass is 274 g/mol. The molecule has 92 valence electrons. The van der Waals surface area contributed by atoms with Gasteiger partial charge in [-0.05, 0) is 32.0 Å². The first kappa shape index (κ1) is 13.8. The highest BCUT2D eigenvalue weighted by Crippen LogP contribution is 2.25. The average molecular weight is 275 g/mol. The van der Waals surface area contributed by atoms with E-state index in [-0.39, 0.29) is 5.71 Å². The van der Waals surface area contributed by atoms with E-state index in [1.807, 2.05) is 0 Å². The van der Waals surface area contributed by atoms with E-state index in [2.05, 4.69) is 10.5 Å². The van der Waals surface area contributed by atoms with E-state index in [1.54, 1.807) is 32.0 Å². The zero-order valence-electron chi connectivity index (χ0n) is 9.46. The zero-order chi connectivity index (χ0) is 12.8. The highest BCUT2D eigenvalue weighted by molar-refractivity contribution is 6.37. The summed E-state index contributed by atoms with van der Waals surface area (Å²) in [6.07, 6.45) is 0. The smallest absolute Gasteiger partial charge is 0.354 e. The Morgan fingerprint density at radius 2 is 2.18 bits per heavy atom. The molecule has 0 fully saturated rings. The van der Waals surface area contributed by atoms with Gasteiger partial charge >= 0.3 is 5.97 Å². The van der Waals surface area contributed by atoms with Crippen LogP contribution in [0.3, 0.4) is 0 Å². The number of rotatable bonds is 4. The summed E-state index contributed by atoms with van der Waals surface area (Å²) in [6.45, 7) is 3.59. The summed E-state index contributed by atoms with van der Waals surface area (Å²) in [5.74, 6) is -0.468.